The third-order valence-electron chi connectivity index (χ3n) is 2.62. The first-order valence-electron chi connectivity index (χ1n) is 6.42. The summed E-state index contributed by atoms with van der Waals surface area (Å²) in [5.41, 5.74) is 1.03. The fraction of sp³-hybridized carbons (Fsp3) is 0.467. The molecule has 2 heteroatoms. The molecule has 0 saturated carbocycles. The van der Waals surface area contributed by atoms with Gasteiger partial charge in [-0.1, -0.05) is 56.5 Å². The van der Waals surface area contributed by atoms with Gasteiger partial charge in [-0.25, -0.2) is 4.99 Å². The highest BCUT2D eigenvalue weighted by atomic mass is 16.1. The number of carbonyl (C=O) groups is 1. The Balaban J connectivity index is 2.19. The number of hydrogen-bond acceptors (Lipinski definition) is 1. The molecule has 0 aliphatic rings. The van der Waals surface area contributed by atoms with Gasteiger partial charge in [0.2, 0.25) is 5.91 Å². The number of amides is 1. The molecule has 0 heterocycles. The minimum absolute atomic E-state index is 0.0494. The van der Waals surface area contributed by atoms with E-state index in [9.17, 15) is 4.79 Å². The zero-order valence-corrected chi connectivity index (χ0v) is 10.6. The zero-order valence-electron chi connectivity index (χ0n) is 10.6. The van der Waals surface area contributed by atoms with Gasteiger partial charge in [-0.2, -0.15) is 0 Å². The minimum Gasteiger partial charge on any atom is -0.272 e. The molecule has 0 aliphatic carbocycles. The van der Waals surface area contributed by atoms with E-state index in [1.54, 1.807) is 6.21 Å². The molecule has 0 bridgehead atoms. The molecule has 1 aromatic carbocycles. The first kappa shape index (κ1) is 13.6. The van der Waals surface area contributed by atoms with Crippen LogP contribution in [0, 0.1) is 0 Å². The van der Waals surface area contributed by atoms with Crippen molar-refractivity contribution in [3.63, 3.8) is 0 Å². The van der Waals surface area contributed by atoms with Crippen LogP contribution in [0.5, 0.6) is 0 Å². The molecular weight excluding hydrogens is 210 g/mol. The molecule has 0 atom stereocenters. The van der Waals surface area contributed by atoms with Crippen LogP contribution in [0.4, 0.5) is 0 Å². The van der Waals surface area contributed by atoms with Gasteiger partial charge in [0.25, 0.3) is 0 Å². The van der Waals surface area contributed by atoms with Crippen LogP contribution in [-0.2, 0) is 11.2 Å². The van der Waals surface area contributed by atoms with Crippen LogP contribution in [-0.4, -0.2) is 12.1 Å². The quantitative estimate of drug-likeness (QED) is 0.518. The summed E-state index contributed by atoms with van der Waals surface area (Å²) in [7, 11) is 0. The molecule has 92 valence electrons. The first-order chi connectivity index (χ1) is 8.33. The topological polar surface area (TPSA) is 29.4 Å². The molecule has 0 unspecified atom stereocenters. The first-order valence-corrected chi connectivity index (χ1v) is 6.42. The standard InChI is InChI=1S/C15H21NO/c1-2-3-4-5-9-12-16-15(17)13-14-10-7-6-8-11-14/h6-8,10-12H,2-5,9,13H2,1H3. The van der Waals surface area contributed by atoms with Gasteiger partial charge in [-0.05, 0) is 18.4 Å². The molecule has 0 spiro atoms. The number of hydrogen-bond donors (Lipinski definition) is 0. The molecule has 0 radical (unpaired) electrons. The molecular formula is C15H21NO. The zero-order chi connectivity index (χ0) is 12.3. The lowest BCUT2D eigenvalue weighted by Crippen LogP contribution is -1.99. The van der Waals surface area contributed by atoms with Crippen molar-refractivity contribution < 1.29 is 4.79 Å². The lowest BCUT2D eigenvalue weighted by molar-refractivity contribution is -0.117. The van der Waals surface area contributed by atoms with Crippen molar-refractivity contribution in [3.05, 3.63) is 35.9 Å². The summed E-state index contributed by atoms with van der Waals surface area (Å²) in [6.45, 7) is 2.19. The highest BCUT2D eigenvalue weighted by Gasteiger charge is 1.99. The molecule has 17 heavy (non-hydrogen) atoms. The van der Waals surface area contributed by atoms with Crippen molar-refractivity contribution in [2.24, 2.45) is 4.99 Å². The summed E-state index contributed by atoms with van der Waals surface area (Å²) >= 11 is 0. The van der Waals surface area contributed by atoms with E-state index in [4.69, 9.17) is 0 Å². The van der Waals surface area contributed by atoms with E-state index in [0.29, 0.717) is 6.42 Å². The fourth-order valence-corrected chi connectivity index (χ4v) is 1.64. The Morgan fingerprint density at radius 2 is 1.94 bits per heavy atom. The molecule has 0 saturated heterocycles. The van der Waals surface area contributed by atoms with Crippen LogP contribution < -0.4 is 0 Å². The third kappa shape index (κ3) is 6.67. The normalized spacial score (nSPS) is 10.9. The van der Waals surface area contributed by atoms with Crippen molar-refractivity contribution in [1.29, 1.82) is 0 Å². The lowest BCUT2D eigenvalue weighted by atomic mass is 10.1. The number of benzene rings is 1. The van der Waals surface area contributed by atoms with Gasteiger partial charge in [-0.15, -0.1) is 0 Å². The second-order valence-electron chi connectivity index (χ2n) is 4.22. The maximum absolute atomic E-state index is 11.5. The van der Waals surface area contributed by atoms with E-state index in [1.165, 1.54) is 19.3 Å². The summed E-state index contributed by atoms with van der Waals surface area (Å²) in [4.78, 5) is 15.5. The van der Waals surface area contributed by atoms with Crippen LogP contribution in [0.25, 0.3) is 0 Å². The number of nitrogens with zero attached hydrogens (tertiary/aromatic N) is 1. The largest absolute Gasteiger partial charge is 0.272 e. The molecule has 0 aliphatic heterocycles. The van der Waals surface area contributed by atoms with Crippen LogP contribution in [0.3, 0.4) is 0 Å². The Labute approximate surface area is 104 Å². The van der Waals surface area contributed by atoms with E-state index in [1.807, 2.05) is 30.3 Å². The second kappa shape index (κ2) is 8.68. The molecule has 1 rings (SSSR count). The number of aliphatic imine (C=N–C) groups is 1. The second-order valence-corrected chi connectivity index (χ2v) is 4.22. The molecule has 1 amide bonds. The smallest absolute Gasteiger partial charge is 0.249 e. The summed E-state index contributed by atoms with van der Waals surface area (Å²) in [6, 6.07) is 9.74. The Morgan fingerprint density at radius 3 is 2.65 bits per heavy atom. The molecule has 0 aromatic heterocycles. The van der Waals surface area contributed by atoms with Gasteiger partial charge in [0.1, 0.15) is 0 Å². The maximum atomic E-state index is 11.5. The van der Waals surface area contributed by atoms with E-state index in [2.05, 4.69) is 11.9 Å². The predicted octanol–water partition coefficient (Wildman–Crippen LogP) is 3.80. The fourth-order valence-electron chi connectivity index (χ4n) is 1.64. The van der Waals surface area contributed by atoms with Gasteiger partial charge in [-0.3, -0.25) is 4.79 Å². The van der Waals surface area contributed by atoms with E-state index in [0.717, 1.165) is 18.4 Å². The molecule has 0 fully saturated rings. The SMILES string of the molecule is CCCCCCC=NC(=O)Cc1ccccc1. The monoisotopic (exact) mass is 231 g/mol. The molecule has 2 nitrogen and oxygen atoms in total. The van der Waals surface area contributed by atoms with Gasteiger partial charge in [0.05, 0.1) is 6.42 Å². The average molecular weight is 231 g/mol. The van der Waals surface area contributed by atoms with Crippen LogP contribution in [0.2, 0.25) is 0 Å². The average Bonchev–Trinajstić information content (AvgIpc) is 2.35. The number of unbranched alkanes of at least 4 members (excludes halogenated alkanes) is 4. The summed E-state index contributed by atoms with van der Waals surface area (Å²) in [6.07, 6.45) is 7.97. The Kier molecular flexibility index (Phi) is 6.96. The van der Waals surface area contributed by atoms with Gasteiger partial charge >= 0.3 is 0 Å². The summed E-state index contributed by atoms with van der Waals surface area (Å²) in [5.74, 6) is -0.0494. The van der Waals surface area contributed by atoms with E-state index >= 15 is 0 Å². The number of rotatable bonds is 7. The van der Waals surface area contributed by atoms with Gasteiger partial charge < -0.3 is 0 Å². The Bertz CT molecular complexity index is 343. The van der Waals surface area contributed by atoms with Gasteiger partial charge in [0, 0.05) is 6.21 Å². The van der Waals surface area contributed by atoms with E-state index in [-0.39, 0.29) is 5.91 Å². The maximum Gasteiger partial charge on any atom is 0.249 e. The minimum atomic E-state index is -0.0494. The Hall–Kier alpha value is -1.44. The van der Waals surface area contributed by atoms with Crippen LogP contribution >= 0.6 is 0 Å². The van der Waals surface area contributed by atoms with Crippen molar-refractivity contribution in [2.75, 3.05) is 0 Å². The Morgan fingerprint density at radius 1 is 1.18 bits per heavy atom. The summed E-state index contributed by atoms with van der Waals surface area (Å²) < 4.78 is 0. The van der Waals surface area contributed by atoms with Gasteiger partial charge in [0.15, 0.2) is 0 Å². The molecule has 0 N–H and O–H groups in total. The van der Waals surface area contributed by atoms with Crippen LogP contribution in [0.15, 0.2) is 35.3 Å². The predicted molar refractivity (Wildman–Crippen MR) is 72.4 cm³/mol. The summed E-state index contributed by atoms with van der Waals surface area (Å²) in [5, 5.41) is 0. The van der Waals surface area contributed by atoms with Crippen molar-refractivity contribution in [2.45, 2.75) is 45.4 Å². The van der Waals surface area contributed by atoms with Crippen molar-refractivity contribution in [1.82, 2.24) is 0 Å². The highest BCUT2D eigenvalue weighted by molar-refractivity contribution is 5.86. The third-order valence-corrected chi connectivity index (χ3v) is 2.62. The van der Waals surface area contributed by atoms with Crippen LogP contribution in [0.1, 0.15) is 44.6 Å². The lowest BCUT2D eigenvalue weighted by Gasteiger charge is -1.96. The number of carbonyl (C=O) groups excluding carboxylic acids is 1. The van der Waals surface area contributed by atoms with Crippen molar-refractivity contribution in [3.8, 4) is 0 Å². The van der Waals surface area contributed by atoms with Crippen molar-refractivity contribution >= 4 is 12.1 Å². The molecule has 1 aromatic rings. The van der Waals surface area contributed by atoms with E-state index < -0.39 is 0 Å². The highest BCUT2D eigenvalue weighted by Crippen LogP contribution is 2.02.